The maximum atomic E-state index is 12.7. The van der Waals surface area contributed by atoms with E-state index in [-0.39, 0.29) is 23.5 Å². The van der Waals surface area contributed by atoms with Crippen molar-refractivity contribution in [2.75, 3.05) is 13.7 Å². The first-order valence-corrected chi connectivity index (χ1v) is 10.6. The highest BCUT2D eigenvalue weighted by Crippen LogP contribution is 2.25. The van der Waals surface area contributed by atoms with Crippen molar-refractivity contribution in [2.24, 2.45) is 0 Å². The number of ether oxygens (including phenoxy) is 1. The highest BCUT2D eigenvalue weighted by Gasteiger charge is 2.18. The first-order valence-electron chi connectivity index (χ1n) is 9.10. The molecule has 0 saturated carbocycles. The normalized spacial score (nSPS) is 11.4. The van der Waals surface area contributed by atoms with Crippen molar-refractivity contribution >= 4 is 10.0 Å². The van der Waals surface area contributed by atoms with Gasteiger partial charge in [-0.15, -0.1) is 0 Å². The largest absolute Gasteiger partial charge is 0.496 e. The average molecular weight is 413 g/mol. The molecule has 29 heavy (non-hydrogen) atoms. The Kier molecular flexibility index (Phi) is 6.14. The Hall–Kier alpha value is -2.97. The summed E-state index contributed by atoms with van der Waals surface area (Å²) in [5.74, 6) is 0.634. The van der Waals surface area contributed by atoms with Crippen LogP contribution in [0.4, 0.5) is 0 Å². The Morgan fingerprint density at radius 1 is 1.03 bits per heavy atom. The summed E-state index contributed by atoms with van der Waals surface area (Å²) in [6.07, 6.45) is 0. The Morgan fingerprint density at radius 2 is 1.76 bits per heavy atom. The van der Waals surface area contributed by atoms with Crippen LogP contribution in [-0.2, 0) is 16.6 Å². The third-order valence-electron chi connectivity index (χ3n) is 4.53. The van der Waals surface area contributed by atoms with Crippen LogP contribution in [0, 0.1) is 13.8 Å². The number of hydrogen-bond donors (Lipinski definition) is 1. The van der Waals surface area contributed by atoms with E-state index >= 15 is 0 Å². The third kappa shape index (κ3) is 4.72. The molecule has 152 valence electrons. The van der Waals surface area contributed by atoms with Crippen molar-refractivity contribution in [1.82, 2.24) is 14.5 Å². The maximum absolute atomic E-state index is 12.7. The van der Waals surface area contributed by atoms with Gasteiger partial charge in [0.1, 0.15) is 5.75 Å². The topological polar surface area (TPSA) is 90.3 Å². The fraction of sp³-hybridized carbons (Fsp3) is 0.238. The Labute approximate surface area is 170 Å². The number of aromatic nitrogens is 2. The molecule has 0 aliphatic rings. The molecule has 0 bridgehead atoms. The lowest BCUT2D eigenvalue weighted by Gasteiger charge is -2.13. The van der Waals surface area contributed by atoms with Crippen LogP contribution in [0.15, 0.2) is 64.3 Å². The van der Waals surface area contributed by atoms with Gasteiger partial charge in [-0.1, -0.05) is 30.3 Å². The van der Waals surface area contributed by atoms with Crippen LogP contribution < -0.4 is 15.0 Å². The van der Waals surface area contributed by atoms with E-state index in [1.807, 2.05) is 30.3 Å². The zero-order valence-electron chi connectivity index (χ0n) is 16.5. The predicted molar refractivity (Wildman–Crippen MR) is 112 cm³/mol. The monoisotopic (exact) mass is 413 g/mol. The number of aryl methyl sites for hydroxylation is 2. The molecule has 0 unspecified atom stereocenters. The molecule has 0 saturated heterocycles. The fourth-order valence-electron chi connectivity index (χ4n) is 3.01. The number of sulfonamides is 1. The fourth-order valence-corrected chi connectivity index (χ4v) is 4.34. The van der Waals surface area contributed by atoms with Crippen molar-refractivity contribution in [2.45, 2.75) is 25.3 Å². The minimum Gasteiger partial charge on any atom is -0.496 e. The van der Waals surface area contributed by atoms with Gasteiger partial charge in [-0.3, -0.25) is 4.79 Å². The molecule has 0 amide bonds. The van der Waals surface area contributed by atoms with Gasteiger partial charge < -0.3 is 4.74 Å². The summed E-state index contributed by atoms with van der Waals surface area (Å²) in [5.41, 5.74) is 2.55. The molecule has 0 fully saturated rings. The number of benzene rings is 2. The van der Waals surface area contributed by atoms with Crippen LogP contribution in [0.25, 0.3) is 11.3 Å². The summed E-state index contributed by atoms with van der Waals surface area (Å²) >= 11 is 0. The lowest BCUT2D eigenvalue weighted by atomic mass is 10.1. The van der Waals surface area contributed by atoms with Gasteiger partial charge in [-0.2, -0.15) is 5.10 Å². The minimum absolute atomic E-state index is 0.0397. The molecule has 0 spiro atoms. The van der Waals surface area contributed by atoms with Gasteiger partial charge in [0.25, 0.3) is 5.56 Å². The SMILES string of the molecule is COc1cc(C)c(S(=O)(=O)NCCn2nc(-c3ccccc3)ccc2=O)cc1C. The van der Waals surface area contributed by atoms with Crippen LogP contribution in [0.1, 0.15) is 11.1 Å². The lowest BCUT2D eigenvalue weighted by molar-refractivity contribution is 0.411. The summed E-state index contributed by atoms with van der Waals surface area (Å²) in [6.45, 7) is 3.66. The van der Waals surface area contributed by atoms with Crippen molar-refractivity contribution in [3.05, 3.63) is 76.1 Å². The van der Waals surface area contributed by atoms with Crippen LogP contribution in [0.2, 0.25) is 0 Å². The molecule has 0 aliphatic carbocycles. The van der Waals surface area contributed by atoms with Crippen LogP contribution in [0.5, 0.6) is 5.75 Å². The molecule has 3 aromatic rings. The molecule has 7 nitrogen and oxygen atoms in total. The van der Waals surface area contributed by atoms with Gasteiger partial charge in [0.2, 0.25) is 10.0 Å². The van der Waals surface area contributed by atoms with Gasteiger partial charge in [0, 0.05) is 18.2 Å². The lowest BCUT2D eigenvalue weighted by Crippen LogP contribution is -2.32. The summed E-state index contributed by atoms with van der Waals surface area (Å²) in [7, 11) is -2.19. The Morgan fingerprint density at radius 3 is 2.45 bits per heavy atom. The minimum atomic E-state index is -3.73. The van der Waals surface area contributed by atoms with Crippen molar-refractivity contribution in [3.8, 4) is 17.0 Å². The smallest absolute Gasteiger partial charge is 0.266 e. The van der Waals surface area contributed by atoms with E-state index in [0.29, 0.717) is 17.0 Å². The summed E-state index contributed by atoms with van der Waals surface area (Å²) < 4.78 is 34.5. The molecule has 1 N–H and O–H groups in total. The molecular weight excluding hydrogens is 390 g/mol. The van der Waals surface area contributed by atoms with E-state index in [0.717, 1.165) is 11.1 Å². The van der Waals surface area contributed by atoms with E-state index in [9.17, 15) is 13.2 Å². The van der Waals surface area contributed by atoms with Crippen LogP contribution in [-0.4, -0.2) is 31.9 Å². The van der Waals surface area contributed by atoms with E-state index in [1.165, 1.54) is 10.7 Å². The first-order chi connectivity index (χ1) is 13.8. The molecule has 0 atom stereocenters. The van der Waals surface area contributed by atoms with Gasteiger partial charge in [-0.05, 0) is 43.2 Å². The Balaban J connectivity index is 1.76. The van der Waals surface area contributed by atoms with E-state index in [2.05, 4.69) is 9.82 Å². The van der Waals surface area contributed by atoms with Gasteiger partial charge in [-0.25, -0.2) is 17.8 Å². The zero-order valence-corrected chi connectivity index (χ0v) is 17.4. The standard InChI is InChI=1S/C21H23N3O4S/c1-15-14-20(16(2)13-19(15)28-3)29(26,27)22-11-12-24-21(25)10-9-18(23-24)17-7-5-4-6-8-17/h4-10,13-14,22H,11-12H2,1-3H3. The van der Waals surface area contributed by atoms with Crippen LogP contribution >= 0.6 is 0 Å². The molecule has 1 heterocycles. The second-order valence-corrected chi connectivity index (χ2v) is 8.37. The van der Waals surface area contributed by atoms with Gasteiger partial charge in [0.05, 0.1) is 24.2 Å². The van der Waals surface area contributed by atoms with Gasteiger partial charge in [0.15, 0.2) is 0 Å². The molecule has 8 heteroatoms. The van der Waals surface area contributed by atoms with Crippen LogP contribution in [0.3, 0.4) is 0 Å². The number of nitrogens with one attached hydrogen (secondary N) is 1. The molecule has 1 aromatic heterocycles. The quantitative estimate of drug-likeness (QED) is 0.643. The van der Waals surface area contributed by atoms with E-state index in [4.69, 9.17) is 4.74 Å². The highest BCUT2D eigenvalue weighted by molar-refractivity contribution is 7.89. The molecule has 0 aliphatic heterocycles. The maximum Gasteiger partial charge on any atom is 0.266 e. The molecule has 2 aromatic carbocycles. The van der Waals surface area contributed by atoms with Crippen molar-refractivity contribution < 1.29 is 13.2 Å². The summed E-state index contributed by atoms with van der Waals surface area (Å²) in [6, 6.07) is 15.8. The third-order valence-corrected chi connectivity index (χ3v) is 6.14. The summed E-state index contributed by atoms with van der Waals surface area (Å²) in [4.78, 5) is 12.3. The Bertz CT molecular complexity index is 1170. The molecule has 0 radical (unpaired) electrons. The first kappa shape index (κ1) is 20.8. The van der Waals surface area contributed by atoms with Crippen molar-refractivity contribution in [3.63, 3.8) is 0 Å². The zero-order chi connectivity index (χ0) is 21.0. The number of methoxy groups -OCH3 is 1. The van der Waals surface area contributed by atoms with Crippen molar-refractivity contribution in [1.29, 1.82) is 0 Å². The number of hydrogen-bond acceptors (Lipinski definition) is 5. The number of rotatable bonds is 7. The van der Waals surface area contributed by atoms with E-state index < -0.39 is 10.0 Å². The second kappa shape index (κ2) is 8.59. The number of nitrogens with zero attached hydrogens (tertiary/aromatic N) is 2. The van der Waals surface area contributed by atoms with Gasteiger partial charge >= 0.3 is 0 Å². The second-order valence-electron chi connectivity index (χ2n) is 6.63. The molecule has 3 rings (SSSR count). The molecular formula is C21H23N3O4S. The predicted octanol–water partition coefficient (Wildman–Crippen LogP) is 2.51. The highest BCUT2D eigenvalue weighted by atomic mass is 32.2. The van der Waals surface area contributed by atoms with E-state index in [1.54, 1.807) is 39.2 Å². The average Bonchev–Trinajstić information content (AvgIpc) is 2.71. The summed E-state index contributed by atoms with van der Waals surface area (Å²) in [5, 5.41) is 4.34.